The quantitative estimate of drug-likeness (QED) is 0.621. The first kappa shape index (κ1) is 19.0. The van der Waals surface area contributed by atoms with Crippen LogP contribution in [0.25, 0.3) is 0 Å². The largest absolute Gasteiger partial charge is 0.389 e. The van der Waals surface area contributed by atoms with Gasteiger partial charge < -0.3 is 15.2 Å². The van der Waals surface area contributed by atoms with Crippen LogP contribution in [0.4, 0.5) is 0 Å². The molecule has 2 rings (SSSR count). The molecule has 0 fully saturated rings. The Hall–Kier alpha value is -3.32. The van der Waals surface area contributed by atoms with E-state index in [0.717, 1.165) is 0 Å². The van der Waals surface area contributed by atoms with Crippen molar-refractivity contribution < 1.29 is 28.7 Å². The minimum absolute atomic E-state index is 0.123. The third-order valence-corrected chi connectivity index (χ3v) is 3.38. The van der Waals surface area contributed by atoms with Crippen molar-refractivity contribution in [2.45, 2.75) is 18.9 Å². The van der Waals surface area contributed by atoms with Crippen LogP contribution in [0.15, 0.2) is 60.7 Å². The standard InChI is InChI=1S/C19H17NO6/c20-15(19(24)26-18(23)14-9-5-2-6-10-14)11-12-16(21)25-17(22)13-7-3-1-4-8-13/h1-10,15H,11-12,20H2/t15-/m0/s1. The van der Waals surface area contributed by atoms with Crippen molar-refractivity contribution in [1.29, 1.82) is 0 Å². The van der Waals surface area contributed by atoms with Gasteiger partial charge in [-0.05, 0) is 30.7 Å². The highest BCUT2D eigenvalue weighted by atomic mass is 16.6. The molecular formula is C19H17NO6. The van der Waals surface area contributed by atoms with E-state index in [1.165, 1.54) is 24.3 Å². The lowest BCUT2D eigenvalue weighted by molar-refractivity contribution is -0.140. The fraction of sp³-hybridized carbons (Fsp3) is 0.158. The number of esters is 4. The SMILES string of the molecule is N[C@@H](CCC(=O)OC(=O)c1ccccc1)C(=O)OC(=O)c1ccccc1. The molecule has 0 saturated carbocycles. The number of ether oxygens (including phenoxy) is 2. The van der Waals surface area contributed by atoms with Crippen LogP contribution in [-0.2, 0) is 19.1 Å². The number of hydrogen-bond acceptors (Lipinski definition) is 7. The molecule has 0 aliphatic heterocycles. The first-order chi connectivity index (χ1) is 12.5. The topological polar surface area (TPSA) is 113 Å². The van der Waals surface area contributed by atoms with Gasteiger partial charge in [0.1, 0.15) is 6.04 Å². The van der Waals surface area contributed by atoms with Gasteiger partial charge in [-0.25, -0.2) is 14.4 Å². The highest BCUT2D eigenvalue weighted by Crippen LogP contribution is 2.06. The molecule has 0 heterocycles. The maximum absolute atomic E-state index is 11.8. The molecule has 0 bridgehead atoms. The lowest BCUT2D eigenvalue weighted by atomic mass is 10.1. The van der Waals surface area contributed by atoms with Crippen molar-refractivity contribution in [3.63, 3.8) is 0 Å². The molecule has 1 atom stereocenters. The summed E-state index contributed by atoms with van der Waals surface area (Å²) in [5.74, 6) is -3.39. The summed E-state index contributed by atoms with van der Waals surface area (Å²) in [5, 5.41) is 0. The molecule has 7 nitrogen and oxygen atoms in total. The second kappa shape index (κ2) is 9.24. The first-order valence-electron chi connectivity index (χ1n) is 7.84. The Balaban J connectivity index is 1.77. The van der Waals surface area contributed by atoms with Crippen LogP contribution in [0.5, 0.6) is 0 Å². The molecule has 0 radical (unpaired) electrons. The maximum atomic E-state index is 11.8. The molecule has 0 unspecified atom stereocenters. The van der Waals surface area contributed by atoms with Crippen molar-refractivity contribution in [2.24, 2.45) is 5.73 Å². The summed E-state index contributed by atoms with van der Waals surface area (Å²) >= 11 is 0. The molecule has 2 aromatic carbocycles. The zero-order valence-corrected chi connectivity index (χ0v) is 13.8. The third kappa shape index (κ3) is 5.64. The predicted octanol–water partition coefficient (Wildman–Crippen LogP) is 1.86. The molecule has 2 aromatic rings. The van der Waals surface area contributed by atoms with E-state index >= 15 is 0 Å². The van der Waals surface area contributed by atoms with E-state index in [4.69, 9.17) is 5.73 Å². The van der Waals surface area contributed by atoms with Gasteiger partial charge in [0.2, 0.25) is 0 Å². The number of benzene rings is 2. The maximum Gasteiger partial charge on any atom is 0.345 e. The molecule has 26 heavy (non-hydrogen) atoms. The minimum Gasteiger partial charge on any atom is -0.389 e. The van der Waals surface area contributed by atoms with E-state index < -0.39 is 29.9 Å². The highest BCUT2D eigenvalue weighted by Gasteiger charge is 2.22. The summed E-state index contributed by atoms with van der Waals surface area (Å²) in [5.41, 5.74) is 6.06. The molecule has 0 saturated heterocycles. The zero-order valence-electron chi connectivity index (χ0n) is 13.8. The van der Waals surface area contributed by atoms with Crippen LogP contribution in [0.2, 0.25) is 0 Å². The van der Waals surface area contributed by atoms with Gasteiger partial charge in [0.15, 0.2) is 0 Å². The Morgan fingerprint density at radius 2 is 1.23 bits per heavy atom. The minimum atomic E-state index is -1.19. The number of carbonyl (C=O) groups excluding carboxylic acids is 4. The van der Waals surface area contributed by atoms with Gasteiger partial charge >= 0.3 is 23.9 Å². The van der Waals surface area contributed by atoms with Gasteiger partial charge in [0, 0.05) is 6.42 Å². The van der Waals surface area contributed by atoms with E-state index in [-0.39, 0.29) is 24.0 Å². The number of rotatable bonds is 6. The molecule has 2 N–H and O–H groups in total. The lowest BCUT2D eigenvalue weighted by Crippen LogP contribution is -2.34. The molecule has 0 aliphatic rings. The van der Waals surface area contributed by atoms with Gasteiger partial charge in [-0.3, -0.25) is 4.79 Å². The number of nitrogens with two attached hydrogens (primary N) is 1. The summed E-state index contributed by atoms with van der Waals surface area (Å²) in [6.07, 6.45) is -0.393. The van der Waals surface area contributed by atoms with Crippen LogP contribution in [0.1, 0.15) is 33.6 Å². The van der Waals surface area contributed by atoms with Crippen LogP contribution < -0.4 is 5.73 Å². The lowest BCUT2D eigenvalue weighted by Gasteiger charge is -2.10. The predicted molar refractivity (Wildman–Crippen MR) is 90.9 cm³/mol. The monoisotopic (exact) mass is 355 g/mol. The van der Waals surface area contributed by atoms with E-state index in [1.54, 1.807) is 36.4 Å². The fourth-order valence-corrected chi connectivity index (χ4v) is 1.98. The van der Waals surface area contributed by atoms with Gasteiger partial charge in [0.05, 0.1) is 11.1 Å². The number of carbonyl (C=O) groups is 4. The Morgan fingerprint density at radius 3 is 1.73 bits per heavy atom. The second-order valence-electron chi connectivity index (χ2n) is 5.35. The van der Waals surface area contributed by atoms with Gasteiger partial charge in [-0.2, -0.15) is 0 Å². The van der Waals surface area contributed by atoms with E-state index in [2.05, 4.69) is 9.47 Å². The van der Waals surface area contributed by atoms with Crippen molar-refractivity contribution in [3.05, 3.63) is 71.8 Å². The van der Waals surface area contributed by atoms with Crippen LogP contribution in [0.3, 0.4) is 0 Å². The molecule has 134 valence electrons. The van der Waals surface area contributed by atoms with Crippen LogP contribution in [0, 0.1) is 0 Å². The van der Waals surface area contributed by atoms with Gasteiger partial charge in [0.25, 0.3) is 0 Å². The summed E-state index contributed by atoms with van der Waals surface area (Å²) in [6, 6.07) is 14.8. The average molecular weight is 355 g/mol. The average Bonchev–Trinajstić information content (AvgIpc) is 2.67. The van der Waals surface area contributed by atoms with Crippen molar-refractivity contribution in [3.8, 4) is 0 Å². The Morgan fingerprint density at radius 1 is 0.769 bits per heavy atom. The van der Waals surface area contributed by atoms with E-state index in [1.807, 2.05) is 0 Å². The Bertz CT molecular complexity index is 788. The van der Waals surface area contributed by atoms with Crippen molar-refractivity contribution in [2.75, 3.05) is 0 Å². The molecule has 0 spiro atoms. The summed E-state index contributed by atoms with van der Waals surface area (Å²) < 4.78 is 9.32. The summed E-state index contributed by atoms with van der Waals surface area (Å²) in [6.45, 7) is 0. The highest BCUT2D eigenvalue weighted by molar-refractivity contribution is 5.98. The van der Waals surface area contributed by atoms with Crippen LogP contribution >= 0.6 is 0 Å². The molecule has 7 heteroatoms. The van der Waals surface area contributed by atoms with E-state index in [0.29, 0.717) is 0 Å². The molecule has 0 aliphatic carbocycles. The normalized spacial score (nSPS) is 11.3. The zero-order chi connectivity index (χ0) is 18.9. The third-order valence-electron chi connectivity index (χ3n) is 3.38. The smallest absolute Gasteiger partial charge is 0.345 e. The number of hydrogen-bond donors (Lipinski definition) is 1. The van der Waals surface area contributed by atoms with E-state index in [9.17, 15) is 19.2 Å². The second-order valence-corrected chi connectivity index (χ2v) is 5.35. The van der Waals surface area contributed by atoms with Crippen LogP contribution in [-0.4, -0.2) is 29.9 Å². The van der Waals surface area contributed by atoms with Gasteiger partial charge in [-0.15, -0.1) is 0 Å². The summed E-state index contributed by atoms with van der Waals surface area (Å²) in [7, 11) is 0. The Kier molecular flexibility index (Phi) is 6.75. The first-order valence-corrected chi connectivity index (χ1v) is 7.84. The fourth-order valence-electron chi connectivity index (χ4n) is 1.98. The summed E-state index contributed by atoms with van der Waals surface area (Å²) in [4.78, 5) is 47.0. The molecule has 0 aromatic heterocycles. The van der Waals surface area contributed by atoms with Crippen molar-refractivity contribution in [1.82, 2.24) is 0 Å². The molecule has 0 amide bonds. The molecular weight excluding hydrogens is 338 g/mol. The Labute approximate surface area is 149 Å². The van der Waals surface area contributed by atoms with Crippen molar-refractivity contribution >= 4 is 23.9 Å². The van der Waals surface area contributed by atoms with Gasteiger partial charge in [-0.1, -0.05) is 36.4 Å².